The molecule has 0 aromatic heterocycles. The van der Waals surface area contributed by atoms with E-state index in [1.54, 1.807) is 0 Å². The van der Waals surface area contributed by atoms with Crippen LogP contribution in [-0.2, 0) is 0 Å². The van der Waals surface area contributed by atoms with Crippen LogP contribution in [0.15, 0.2) is 12.2 Å². The molecule has 70 valence electrons. The first-order chi connectivity index (χ1) is 5.83. The Morgan fingerprint density at radius 2 is 1.83 bits per heavy atom. The lowest BCUT2D eigenvalue weighted by Gasteiger charge is -2.18. The zero-order valence-corrected chi connectivity index (χ0v) is 8.31. The smallest absolute Gasteiger partial charge is 0.00158 e. The van der Waals surface area contributed by atoms with E-state index in [2.05, 4.69) is 18.4 Å². The Labute approximate surface area is 76.5 Å². The highest BCUT2D eigenvalue weighted by molar-refractivity contribution is 4.94. The normalized spacial score (nSPS) is 22.9. The molecular weight excluding hydrogens is 146 g/mol. The summed E-state index contributed by atoms with van der Waals surface area (Å²) in [7, 11) is 0. The minimum absolute atomic E-state index is 1.21. The molecule has 0 amide bonds. The minimum Gasteiger partial charge on any atom is -0.304 e. The van der Waals surface area contributed by atoms with Gasteiger partial charge in [-0.1, -0.05) is 19.1 Å². The van der Waals surface area contributed by atoms with Crippen molar-refractivity contribution in [3.05, 3.63) is 12.2 Å². The van der Waals surface area contributed by atoms with Gasteiger partial charge in [-0.2, -0.15) is 0 Å². The van der Waals surface area contributed by atoms with Gasteiger partial charge in [0.1, 0.15) is 0 Å². The van der Waals surface area contributed by atoms with Crippen LogP contribution >= 0.6 is 0 Å². The lowest BCUT2D eigenvalue weighted by molar-refractivity contribution is 0.283. The van der Waals surface area contributed by atoms with Crippen LogP contribution in [0.4, 0.5) is 0 Å². The maximum absolute atomic E-state index is 4.09. The molecule has 1 fully saturated rings. The summed E-state index contributed by atoms with van der Waals surface area (Å²) in [6.07, 6.45) is 6.52. The van der Waals surface area contributed by atoms with Crippen LogP contribution in [0.1, 0.15) is 39.0 Å². The van der Waals surface area contributed by atoms with Crippen LogP contribution in [0.25, 0.3) is 0 Å². The predicted molar refractivity (Wildman–Crippen MR) is 54.3 cm³/mol. The van der Waals surface area contributed by atoms with Gasteiger partial charge in [-0.05, 0) is 51.7 Å². The Morgan fingerprint density at radius 3 is 2.58 bits per heavy atom. The van der Waals surface area contributed by atoms with Gasteiger partial charge in [-0.25, -0.2) is 0 Å². The van der Waals surface area contributed by atoms with Crippen molar-refractivity contribution in [1.29, 1.82) is 0 Å². The average molecular weight is 167 g/mol. The number of nitrogens with zero attached hydrogens (tertiary/aromatic N) is 1. The third-order valence-electron chi connectivity index (χ3n) is 2.71. The standard InChI is InChI=1S/C11H21N/c1-3-12-9-5-4-7-11(2)8-6-10-12/h2-10H2,1H3. The van der Waals surface area contributed by atoms with Gasteiger partial charge in [0.05, 0.1) is 0 Å². The van der Waals surface area contributed by atoms with Crippen LogP contribution in [0.3, 0.4) is 0 Å². The summed E-state index contributed by atoms with van der Waals surface area (Å²) >= 11 is 0. The predicted octanol–water partition coefficient (Wildman–Crippen LogP) is 2.83. The molecular formula is C11H21N. The van der Waals surface area contributed by atoms with E-state index >= 15 is 0 Å². The van der Waals surface area contributed by atoms with Gasteiger partial charge < -0.3 is 4.90 Å². The molecule has 0 aromatic rings. The molecule has 0 N–H and O–H groups in total. The summed E-state index contributed by atoms with van der Waals surface area (Å²) in [5.74, 6) is 0. The molecule has 1 rings (SSSR count). The Morgan fingerprint density at radius 1 is 1.17 bits per heavy atom. The molecule has 0 unspecified atom stereocenters. The first kappa shape index (κ1) is 9.79. The molecule has 1 heterocycles. The molecule has 1 heteroatoms. The maximum atomic E-state index is 4.09. The van der Waals surface area contributed by atoms with E-state index in [1.165, 1.54) is 57.3 Å². The largest absolute Gasteiger partial charge is 0.304 e. The summed E-state index contributed by atoms with van der Waals surface area (Å²) in [5, 5.41) is 0. The second kappa shape index (κ2) is 5.36. The van der Waals surface area contributed by atoms with Crippen LogP contribution in [0, 0.1) is 0 Å². The van der Waals surface area contributed by atoms with Gasteiger partial charge in [-0.3, -0.25) is 0 Å². The summed E-state index contributed by atoms with van der Waals surface area (Å²) in [6, 6.07) is 0. The number of allylic oxidation sites excluding steroid dienone is 1. The molecule has 0 aromatic carbocycles. The summed E-state index contributed by atoms with van der Waals surface area (Å²) < 4.78 is 0. The molecule has 0 aliphatic carbocycles. The SMILES string of the molecule is C=C1CCCCN(CC)CCC1. The molecule has 12 heavy (non-hydrogen) atoms. The zero-order valence-electron chi connectivity index (χ0n) is 8.31. The molecule has 1 aliphatic rings. The van der Waals surface area contributed by atoms with Crippen molar-refractivity contribution in [2.75, 3.05) is 19.6 Å². The van der Waals surface area contributed by atoms with Crippen molar-refractivity contribution < 1.29 is 0 Å². The highest BCUT2D eigenvalue weighted by Gasteiger charge is 2.05. The van der Waals surface area contributed by atoms with E-state index in [-0.39, 0.29) is 0 Å². The molecule has 1 nitrogen and oxygen atoms in total. The van der Waals surface area contributed by atoms with Gasteiger partial charge in [0, 0.05) is 0 Å². The van der Waals surface area contributed by atoms with Crippen molar-refractivity contribution in [3.8, 4) is 0 Å². The lowest BCUT2D eigenvalue weighted by Crippen LogP contribution is -2.25. The van der Waals surface area contributed by atoms with Crippen molar-refractivity contribution >= 4 is 0 Å². The lowest BCUT2D eigenvalue weighted by atomic mass is 10.1. The van der Waals surface area contributed by atoms with Crippen molar-refractivity contribution in [2.24, 2.45) is 0 Å². The maximum Gasteiger partial charge on any atom is -0.00158 e. The van der Waals surface area contributed by atoms with Crippen LogP contribution < -0.4 is 0 Å². The van der Waals surface area contributed by atoms with Gasteiger partial charge in [0.15, 0.2) is 0 Å². The number of rotatable bonds is 1. The molecule has 0 spiro atoms. The monoisotopic (exact) mass is 167 g/mol. The molecule has 0 radical (unpaired) electrons. The summed E-state index contributed by atoms with van der Waals surface area (Å²) in [6.45, 7) is 10.1. The quantitative estimate of drug-likeness (QED) is 0.543. The second-order valence-corrected chi connectivity index (χ2v) is 3.74. The fourth-order valence-corrected chi connectivity index (χ4v) is 1.82. The second-order valence-electron chi connectivity index (χ2n) is 3.74. The van der Waals surface area contributed by atoms with Crippen LogP contribution in [0.2, 0.25) is 0 Å². The van der Waals surface area contributed by atoms with Gasteiger partial charge in [0.2, 0.25) is 0 Å². The summed E-state index contributed by atoms with van der Waals surface area (Å²) in [5.41, 5.74) is 1.47. The first-order valence-corrected chi connectivity index (χ1v) is 5.22. The number of hydrogen-bond acceptors (Lipinski definition) is 1. The van der Waals surface area contributed by atoms with Gasteiger partial charge >= 0.3 is 0 Å². The van der Waals surface area contributed by atoms with E-state index < -0.39 is 0 Å². The van der Waals surface area contributed by atoms with Crippen molar-refractivity contribution in [1.82, 2.24) is 4.90 Å². The molecule has 1 aliphatic heterocycles. The summed E-state index contributed by atoms with van der Waals surface area (Å²) in [4.78, 5) is 2.55. The Kier molecular flexibility index (Phi) is 4.37. The Balaban J connectivity index is 2.31. The van der Waals surface area contributed by atoms with E-state index in [0.717, 1.165) is 0 Å². The van der Waals surface area contributed by atoms with Gasteiger partial charge in [0.25, 0.3) is 0 Å². The van der Waals surface area contributed by atoms with E-state index in [0.29, 0.717) is 0 Å². The topological polar surface area (TPSA) is 3.24 Å². The number of hydrogen-bond donors (Lipinski definition) is 0. The van der Waals surface area contributed by atoms with Crippen LogP contribution in [0.5, 0.6) is 0 Å². The van der Waals surface area contributed by atoms with E-state index in [9.17, 15) is 0 Å². The Bertz CT molecular complexity index is 140. The van der Waals surface area contributed by atoms with Crippen molar-refractivity contribution in [2.45, 2.75) is 39.0 Å². The molecule has 0 saturated carbocycles. The highest BCUT2D eigenvalue weighted by atomic mass is 15.1. The van der Waals surface area contributed by atoms with Crippen LogP contribution in [-0.4, -0.2) is 24.5 Å². The third-order valence-corrected chi connectivity index (χ3v) is 2.71. The molecule has 0 atom stereocenters. The fraction of sp³-hybridized carbons (Fsp3) is 0.818. The molecule has 1 saturated heterocycles. The fourth-order valence-electron chi connectivity index (χ4n) is 1.82. The van der Waals surface area contributed by atoms with Gasteiger partial charge in [-0.15, -0.1) is 0 Å². The van der Waals surface area contributed by atoms with E-state index in [1.807, 2.05) is 0 Å². The van der Waals surface area contributed by atoms with Crippen molar-refractivity contribution in [3.63, 3.8) is 0 Å². The molecule has 0 bridgehead atoms. The minimum atomic E-state index is 1.21. The highest BCUT2D eigenvalue weighted by Crippen LogP contribution is 2.14. The zero-order chi connectivity index (χ0) is 8.81. The average Bonchev–Trinajstić information content (AvgIpc) is 2.17. The Hall–Kier alpha value is -0.300. The van der Waals surface area contributed by atoms with E-state index in [4.69, 9.17) is 0 Å². The third kappa shape index (κ3) is 3.40. The first-order valence-electron chi connectivity index (χ1n) is 5.22.